The number of fused-ring (bicyclic) bond motifs is 1. The Morgan fingerprint density at radius 3 is 2.12 bits per heavy atom. The van der Waals surface area contributed by atoms with Gasteiger partial charge in [0.2, 0.25) is 0 Å². The number of allylic oxidation sites excluding steroid dienone is 1. The monoisotopic (exact) mass is 501 g/mol. The van der Waals surface area contributed by atoms with E-state index in [-0.39, 0.29) is 18.8 Å². The van der Waals surface area contributed by atoms with E-state index in [4.69, 9.17) is 25.4 Å². The second-order valence-corrected chi connectivity index (χ2v) is 11.0. The first-order valence-corrected chi connectivity index (χ1v) is 14.2. The number of halogens is 2. The van der Waals surface area contributed by atoms with Gasteiger partial charge in [-0.25, -0.2) is 5.56 Å². The van der Waals surface area contributed by atoms with Crippen LogP contribution in [0.2, 0.25) is 0 Å². The summed E-state index contributed by atoms with van der Waals surface area (Å²) in [4.78, 5) is 0. The first-order chi connectivity index (χ1) is 15.4. The molecule has 4 rings (SSSR count). The Balaban J connectivity index is 0.000000913. The molecule has 1 unspecified atom stereocenters. The molecule has 0 amide bonds. The van der Waals surface area contributed by atoms with E-state index in [1.54, 1.807) is 0 Å². The van der Waals surface area contributed by atoms with Crippen molar-refractivity contribution in [1.82, 2.24) is 0 Å². The quantitative estimate of drug-likeness (QED) is 0.298. The van der Waals surface area contributed by atoms with Crippen molar-refractivity contribution < 1.29 is 13.4 Å². The fourth-order valence-electron chi connectivity index (χ4n) is 4.43. The third-order valence-electron chi connectivity index (χ3n) is 6.06. The van der Waals surface area contributed by atoms with Crippen LogP contribution in [0.4, 0.5) is 5.69 Å². The molecule has 0 aliphatic heterocycles. The molecule has 0 heterocycles. The summed E-state index contributed by atoms with van der Waals surface area (Å²) in [5.74, 6) is 0.394. The molecule has 1 aliphatic carbocycles. The van der Waals surface area contributed by atoms with Crippen LogP contribution in [0.3, 0.4) is 0 Å². The van der Waals surface area contributed by atoms with Crippen molar-refractivity contribution in [2.75, 3.05) is 0 Å². The zero-order valence-electron chi connectivity index (χ0n) is 19.0. The van der Waals surface area contributed by atoms with Gasteiger partial charge in [-0.05, 0) is 30.4 Å². The molecule has 3 aromatic rings. The number of rotatable bonds is 6. The number of hydrogen-bond donors (Lipinski definition) is 0. The Morgan fingerprint density at radius 2 is 1.47 bits per heavy atom. The van der Waals surface area contributed by atoms with Crippen molar-refractivity contribution in [3.63, 3.8) is 0 Å². The molecule has 3 aromatic carbocycles. The minimum atomic E-state index is -0.181. The van der Waals surface area contributed by atoms with Crippen LogP contribution in [-0.4, -0.2) is 0 Å². The predicted molar refractivity (Wildman–Crippen MR) is 136 cm³/mol. The van der Waals surface area contributed by atoms with Crippen molar-refractivity contribution in [3.8, 4) is 0 Å². The van der Waals surface area contributed by atoms with Crippen molar-refractivity contribution >= 4 is 31.9 Å². The molecule has 0 bridgehead atoms. The van der Waals surface area contributed by atoms with E-state index >= 15 is 0 Å². The number of benzene rings is 3. The van der Waals surface area contributed by atoms with E-state index in [9.17, 15) is 0 Å². The van der Waals surface area contributed by atoms with Gasteiger partial charge in [0.25, 0.3) is 0 Å². The van der Waals surface area contributed by atoms with Crippen LogP contribution in [0, 0.1) is 25.3 Å². The molecule has 168 valence electrons. The molecule has 32 heavy (non-hydrogen) atoms. The van der Waals surface area contributed by atoms with Crippen LogP contribution in [-0.2, 0) is 13.4 Å². The third-order valence-corrected chi connectivity index (χ3v) is 6.06. The standard InChI is InChI=1S/C28H29N.2ClH.Cr/c1-20-11-10-12-21(2)27(20)29-26(23-14-6-5-7-15-23)19-28(3,4)25-18-17-22-13-8-9-16-24(22)25;;;/h5-18,25H,19H2,1-4H3;2*1H;/q-2;;;+2/p-2. The van der Waals surface area contributed by atoms with E-state index in [1.165, 1.54) is 27.8 Å². The Morgan fingerprint density at radius 1 is 0.875 bits per heavy atom. The average Bonchev–Trinajstić information content (AvgIpc) is 3.22. The van der Waals surface area contributed by atoms with Crippen LogP contribution in [0.1, 0.15) is 54.0 Å². The molecular formula is C28H29Cl2CrN-2. The van der Waals surface area contributed by atoms with E-state index in [0.717, 1.165) is 18.2 Å². The summed E-state index contributed by atoms with van der Waals surface area (Å²) >= 11 is -0.181. The zero-order valence-corrected chi connectivity index (χ0v) is 21.8. The summed E-state index contributed by atoms with van der Waals surface area (Å²) in [6, 6.07) is 27.0. The second-order valence-electron chi connectivity index (χ2n) is 8.85. The first-order valence-electron chi connectivity index (χ1n) is 10.7. The molecule has 0 saturated heterocycles. The minimum absolute atomic E-state index is 0.0500. The van der Waals surface area contributed by atoms with Crippen LogP contribution in [0.15, 0.2) is 78.9 Å². The van der Waals surface area contributed by atoms with E-state index in [2.05, 4.69) is 113 Å². The summed E-state index contributed by atoms with van der Waals surface area (Å²) < 4.78 is 0. The second kappa shape index (κ2) is 11.4. The molecule has 4 heteroatoms. The Hall–Kier alpha value is -1.82. The van der Waals surface area contributed by atoms with Crippen molar-refractivity contribution in [2.24, 2.45) is 5.41 Å². The maximum atomic E-state index is 5.23. The fourth-order valence-corrected chi connectivity index (χ4v) is 4.43. The van der Waals surface area contributed by atoms with Gasteiger partial charge in [-0.1, -0.05) is 92.1 Å². The summed E-state index contributed by atoms with van der Waals surface area (Å²) in [5.41, 5.74) is 7.58. The molecule has 0 spiro atoms. The fraction of sp³-hybridized carbons (Fsp3) is 0.250. The zero-order chi connectivity index (χ0) is 23.1. The average molecular weight is 502 g/mol. The summed E-state index contributed by atoms with van der Waals surface area (Å²) in [5, 5.41) is 5.23. The SMILES string of the molecule is Cc1cccc(C)c1[N-][C-](CC(C)(C)C1C=Cc2ccccc21)c1ccccc1.[Cl][Cr][Cl]. The van der Waals surface area contributed by atoms with Crippen LogP contribution < -0.4 is 0 Å². The van der Waals surface area contributed by atoms with Gasteiger partial charge in [0.05, 0.1) is 0 Å². The molecule has 0 aromatic heterocycles. The summed E-state index contributed by atoms with van der Waals surface area (Å²) in [6.45, 7) is 9.03. The molecule has 0 saturated carbocycles. The van der Waals surface area contributed by atoms with Crippen LogP contribution in [0.25, 0.3) is 11.4 Å². The molecule has 0 fully saturated rings. The van der Waals surface area contributed by atoms with Gasteiger partial charge in [0.1, 0.15) is 0 Å². The van der Waals surface area contributed by atoms with Crippen molar-refractivity contribution in [1.29, 1.82) is 0 Å². The molecule has 0 N–H and O–H groups in total. The molecular weight excluding hydrogens is 473 g/mol. The van der Waals surface area contributed by atoms with Crippen molar-refractivity contribution in [2.45, 2.75) is 40.0 Å². The number of nitrogens with zero attached hydrogens (tertiary/aromatic N) is 1. The van der Waals surface area contributed by atoms with Gasteiger partial charge in [0.15, 0.2) is 0 Å². The van der Waals surface area contributed by atoms with Crippen molar-refractivity contribution in [3.05, 3.63) is 118 Å². The van der Waals surface area contributed by atoms with Gasteiger partial charge in [0, 0.05) is 5.92 Å². The first kappa shape index (κ1) is 24.8. The van der Waals surface area contributed by atoms with Gasteiger partial charge >= 0.3 is 33.5 Å². The van der Waals surface area contributed by atoms with Crippen LogP contribution in [0.5, 0.6) is 0 Å². The number of para-hydroxylation sites is 1. The van der Waals surface area contributed by atoms with Gasteiger partial charge in [-0.2, -0.15) is 12.1 Å². The van der Waals surface area contributed by atoms with Gasteiger partial charge < -0.3 is 5.32 Å². The predicted octanol–water partition coefficient (Wildman–Crippen LogP) is 9.49. The maximum absolute atomic E-state index is 5.23. The topological polar surface area (TPSA) is 14.1 Å². The van der Waals surface area contributed by atoms with E-state index < -0.39 is 0 Å². The van der Waals surface area contributed by atoms with Gasteiger partial charge in [-0.3, -0.25) is 6.04 Å². The van der Waals surface area contributed by atoms with Gasteiger partial charge in [-0.15, -0.1) is 17.8 Å². The van der Waals surface area contributed by atoms with E-state index in [0.29, 0.717) is 5.92 Å². The normalized spacial score (nSPS) is 14.4. The Bertz CT molecular complexity index is 1030. The Kier molecular flexibility index (Phi) is 8.81. The summed E-state index contributed by atoms with van der Waals surface area (Å²) in [6.07, 6.45) is 5.55. The molecule has 1 aliphatic rings. The Labute approximate surface area is 208 Å². The number of aryl methyl sites for hydroxylation is 2. The summed E-state index contributed by atoms with van der Waals surface area (Å²) in [7, 11) is 9.65. The molecule has 1 nitrogen and oxygen atoms in total. The molecule has 0 radical (unpaired) electrons. The molecule has 1 atom stereocenters. The van der Waals surface area contributed by atoms with Crippen LogP contribution >= 0.6 is 20.1 Å². The third kappa shape index (κ3) is 5.95. The van der Waals surface area contributed by atoms with E-state index in [1.807, 2.05) is 0 Å². The number of hydrogen-bond acceptors (Lipinski definition) is 0.